The fourth-order valence-electron chi connectivity index (χ4n) is 1.10. The minimum Gasteiger partial charge on any atom is -0.507 e. The van der Waals surface area contributed by atoms with Crippen LogP contribution in [0.25, 0.3) is 0 Å². The first-order chi connectivity index (χ1) is 7.28. The normalized spacial score (nSPS) is 12.1. The van der Waals surface area contributed by atoms with E-state index in [0.717, 1.165) is 0 Å². The Hall–Kier alpha value is -1.51. The fourth-order valence-corrected chi connectivity index (χ4v) is 2.55. The van der Waals surface area contributed by atoms with E-state index in [2.05, 4.69) is 10.6 Å². The van der Waals surface area contributed by atoms with Gasteiger partial charge in [0.05, 0.1) is 5.54 Å². The van der Waals surface area contributed by atoms with Gasteiger partial charge in [0.15, 0.2) is 0 Å². The van der Waals surface area contributed by atoms with E-state index in [1.807, 2.05) is 0 Å². The van der Waals surface area contributed by atoms with Crippen LogP contribution in [0.3, 0.4) is 0 Å². The van der Waals surface area contributed by atoms with Gasteiger partial charge in [-0.3, -0.25) is 0 Å². The number of terminal acetylenes is 1. The summed E-state index contributed by atoms with van der Waals surface area (Å²) in [6.07, 6.45) is 5.19. The number of phenols is 1. The van der Waals surface area contributed by atoms with Gasteiger partial charge in [0.25, 0.3) is 0 Å². The lowest BCUT2D eigenvalue weighted by Gasteiger charge is -2.19. The first kappa shape index (κ1) is 12.6. The van der Waals surface area contributed by atoms with Crippen molar-refractivity contribution < 1.29 is 13.5 Å². The molecule has 2 N–H and O–H groups in total. The standard InChI is InChI=1S/C11H13NO3S/c1-4-11(2,3)12-16(14,15)10-8-6-5-7-9(10)13/h1,5-8,12-13H,2-3H3. The quantitative estimate of drug-likeness (QED) is 0.776. The van der Waals surface area contributed by atoms with E-state index < -0.39 is 15.6 Å². The molecular weight excluding hydrogens is 226 g/mol. The van der Waals surface area contributed by atoms with Gasteiger partial charge in [-0.1, -0.05) is 18.1 Å². The van der Waals surface area contributed by atoms with Crippen LogP contribution in [0.4, 0.5) is 0 Å². The number of sulfonamides is 1. The molecule has 0 saturated heterocycles. The molecule has 0 aliphatic carbocycles. The third-order valence-corrected chi connectivity index (χ3v) is 3.61. The van der Waals surface area contributed by atoms with Crippen LogP contribution in [-0.2, 0) is 10.0 Å². The Labute approximate surface area is 95.4 Å². The SMILES string of the molecule is C#CC(C)(C)NS(=O)(=O)c1ccccc1O. The summed E-state index contributed by atoms with van der Waals surface area (Å²) in [5, 5.41) is 9.44. The van der Waals surface area contributed by atoms with Crippen LogP contribution < -0.4 is 4.72 Å². The molecule has 0 amide bonds. The van der Waals surface area contributed by atoms with Crippen molar-refractivity contribution in [2.24, 2.45) is 0 Å². The second-order valence-electron chi connectivity index (χ2n) is 3.84. The summed E-state index contributed by atoms with van der Waals surface area (Å²) in [7, 11) is -3.80. The van der Waals surface area contributed by atoms with Crippen LogP contribution in [0, 0.1) is 12.3 Å². The Morgan fingerprint density at radius 3 is 2.44 bits per heavy atom. The van der Waals surface area contributed by atoms with Crippen molar-refractivity contribution in [1.29, 1.82) is 0 Å². The summed E-state index contributed by atoms with van der Waals surface area (Å²) < 4.78 is 26.0. The monoisotopic (exact) mass is 239 g/mol. The van der Waals surface area contributed by atoms with Crippen molar-refractivity contribution in [3.8, 4) is 18.1 Å². The maximum Gasteiger partial charge on any atom is 0.245 e. The lowest BCUT2D eigenvalue weighted by Crippen LogP contribution is -2.41. The Morgan fingerprint density at radius 2 is 1.94 bits per heavy atom. The van der Waals surface area contributed by atoms with Crippen LogP contribution in [-0.4, -0.2) is 19.1 Å². The minimum atomic E-state index is -3.80. The molecule has 5 heteroatoms. The summed E-state index contributed by atoms with van der Waals surface area (Å²) in [6, 6.07) is 5.68. The molecule has 4 nitrogen and oxygen atoms in total. The number of phenolic OH excluding ortho intramolecular Hbond substituents is 1. The molecule has 0 spiro atoms. The smallest absolute Gasteiger partial charge is 0.245 e. The summed E-state index contributed by atoms with van der Waals surface area (Å²) in [5.74, 6) is 2.01. The molecule has 0 fully saturated rings. The molecule has 0 radical (unpaired) electrons. The molecule has 1 rings (SSSR count). The Bertz CT molecular complexity index is 526. The summed E-state index contributed by atoms with van der Waals surface area (Å²) in [4.78, 5) is -0.182. The zero-order valence-electron chi connectivity index (χ0n) is 9.06. The van der Waals surface area contributed by atoms with Crippen LogP contribution in [0.1, 0.15) is 13.8 Å². The van der Waals surface area contributed by atoms with Crippen LogP contribution in [0.5, 0.6) is 5.75 Å². The summed E-state index contributed by atoms with van der Waals surface area (Å²) >= 11 is 0. The number of nitrogens with one attached hydrogen (secondary N) is 1. The second-order valence-corrected chi connectivity index (χ2v) is 5.49. The average molecular weight is 239 g/mol. The maximum atomic E-state index is 11.9. The van der Waals surface area contributed by atoms with Gasteiger partial charge in [-0.15, -0.1) is 6.42 Å². The number of para-hydroxylation sites is 1. The topological polar surface area (TPSA) is 66.4 Å². The molecule has 0 bridgehead atoms. The molecule has 0 aromatic heterocycles. The van der Waals surface area contributed by atoms with E-state index in [4.69, 9.17) is 6.42 Å². The van der Waals surface area contributed by atoms with E-state index in [-0.39, 0.29) is 10.6 Å². The lowest BCUT2D eigenvalue weighted by molar-refractivity contribution is 0.456. The van der Waals surface area contributed by atoms with Gasteiger partial charge in [0, 0.05) is 0 Å². The van der Waals surface area contributed by atoms with E-state index >= 15 is 0 Å². The van der Waals surface area contributed by atoms with Gasteiger partial charge in [0.2, 0.25) is 10.0 Å². The average Bonchev–Trinajstić information content (AvgIpc) is 2.16. The number of aromatic hydroxyl groups is 1. The Morgan fingerprint density at radius 1 is 1.38 bits per heavy atom. The molecule has 16 heavy (non-hydrogen) atoms. The molecule has 0 heterocycles. The van der Waals surface area contributed by atoms with Crippen molar-refractivity contribution in [3.63, 3.8) is 0 Å². The number of hydrogen-bond donors (Lipinski definition) is 2. The molecule has 0 saturated carbocycles. The zero-order valence-corrected chi connectivity index (χ0v) is 9.88. The van der Waals surface area contributed by atoms with Gasteiger partial charge < -0.3 is 5.11 Å². The summed E-state index contributed by atoms with van der Waals surface area (Å²) in [6.45, 7) is 3.12. The van der Waals surface area contributed by atoms with Crippen molar-refractivity contribution in [2.75, 3.05) is 0 Å². The van der Waals surface area contributed by atoms with Crippen LogP contribution in [0.15, 0.2) is 29.2 Å². The van der Waals surface area contributed by atoms with Crippen molar-refractivity contribution in [1.82, 2.24) is 4.72 Å². The van der Waals surface area contributed by atoms with Crippen LogP contribution in [0.2, 0.25) is 0 Å². The highest BCUT2D eigenvalue weighted by molar-refractivity contribution is 7.89. The van der Waals surface area contributed by atoms with Gasteiger partial charge in [-0.05, 0) is 26.0 Å². The third-order valence-electron chi connectivity index (χ3n) is 1.91. The molecular formula is C11H13NO3S. The number of benzene rings is 1. The predicted molar refractivity (Wildman–Crippen MR) is 61.3 cm³/mol. The van der Waals surface area contributed by atoms with Crippen molar-refractivity contribution >= 4 is 10.0 Å². The van der Waals surface area contributed by atoms with Gasteiger partial charge in [-0.25, -0.2) is 8.42 Å². The second kappa shape index (κ2) is 4.16. The number of rotatable bonds is 3. The molecule has 1 aromatic rings. The zero-order chi connectivity index (χ0) is 12.4. The van der Waals surface area contributed by atoms with Gasteiger partial charge >= 0.3 is 0 Å². The Balaban J connectivity index is 3.16. The van der Waals surface area contributed by atoms with Crippen molar-refractivity contribution in [2.45, 2.75) is 24.3 Å². The molecule has 0 aliphatic heterocycles. The highest BCUT2D eigenvalue weighted by Crippen LogP contribution is 2.22. The lowest BCUT2D eigenvalue weighted by atomic mass is 10.1. The number of hydrogen-bond acceptors (Lipinski definition) is 3. The summed E-state index contributed by atoms with van der Waals surface area (Å²) in [5.41, 5.74) is -0.999. The fraction of sp³-hybridized carbons (Fsp3) is 0.273. The molecule has 0 aliphatic rings. The van der Waals surface area contributed by atoms with E-state index in [9.17, 15) is 13.5 Å². The van der Waals surface area contributed by atoms with Gasteiger partial charge in [-0.2, -0.15) is 4.72 Å². The molecule has 1 aromatic carbocycles. The first-order valence-electron chi connectivity index (χ1n) is 4.58. The maximum absolute atomic E-state index is 11.9. The first-order valence-corrected chi connectivity index (χ1v) is 6.06. The largest absolute Gasteiger partial charge is 0.507 e. The Kier molecular flexibility index (Phi) is 3.27. The molecule has 0 atom stereocenters. The third kappa shape index (κ3) is 2.75. The predicted octanol–water partition coefficient (Wildman–Crippen LogP) is 1.08. The minimum absolute atomic E-state index is 0.182. The highest BCUT2D eigenvalue weighted by Gasteiger charge is 2.25. The molecule has 0 unspecified atom stereocenters. The van der Waals surface area contributed by atoms with E-state index in [1.165, 1.54) is 18.2 Å². The molecule has 86 valence electrons. The van der Waals surface area contributed by atoms with Crippen molar-refractivity contribution in [3.05, 3.63) is 24.3 Å². The highest BCUT2D eigenvalue weighted by atomic mass is 32.2. The van der Waals surface area contributed by atoms with E-state index in [1.54, 1.807) is 19.9 Å². The van der Waals surface area contributed by atoms with E-state index in [0.29, 0.717) is 0 Å². The van der Waals surface area contributed by atoms with Crippen LogP contribution >= 0.6 is 0 Å². The van der Waals surface area contributed by atoms with Gasteiger partial charge in [0.1, 0.15) is 10.6 Å².